The van der Waals surface area contributed by atoms with E-state index in [1.807, 2.05) is 0 Å². The molecule has 3 N–H and O–H groups in total. The van der Waals surface area contributed by atoms with Gasteiger partial charge in [-0.3, -0.25) is 14.5 Å². The first-order valence-corrected chi connectivity index (χ1v) is 12.0. The number of β-lactam (4-membered cyclic amide) rings is 1. The Labute approximate surface area is 217 Å². The molecule has 2 atom stereocenters. The molecular formula is C19H26Cl2N6O5S2. The Morgan fingerprint density at radius 3 is 2.62 bits per heavy atom. The van der Waals surface area contributed by atoms with Gasteiger partial charge in [-0.05, 0) is 0 Å². The molecule has 11 nitrogen and oxygen atoms in total. The van der Waals surface area contributed by atoms with Crippen LogP contribution in [-0.2, 0) is 19.2 Å². The lowest BCUT2D eigenvalue weighted by Crippen LogP contribution is -2.71. The maximum absolute atomic E-state index is 12.9. The summed E-state index contributed by atoms with van der Waals surface area (Å²) in [6, 6.07) is -0.891. The van der Waals surface area contributed by atoms with Gasteiger partial charge >= 0.3 is 0 Å². The van der Waals surface area contributed by atoms with E-state index < -0.39 is 29.2 Å². The van der Waals surface area contributed by atoms with Crippen molar-refractivity contribution in [2.45, 2.75) is 24.3 Å². The van der Waals surface area contributed by atoms with Gasteiger partial charge in [-0.1, -0.05) is 5.16 Å². The number of nitrogens with one attached hydrogen (secondary N) is 1. The number of likely N-dealkylation sites (tertiary alicyclic amines) is 1. The molecule has 0 bridgehead atoms. The number of carbonyl (C=O) groups excluding carboxylic acids is 3. The average molecular weight is 553 g/mol. The standard InChI is InChI=1S/C19H24N6O5S2.2ClH/c1-25(5-3-4-6-25)7-10-8-31-17-13(16(27)24(17)14(10)18(28)29)22-15(26)12(23-30-2)11-9-32-19(20)21-11;;/h9,13,17H,3-8H2,1-2H3,(H3-,20,21,22,26,28,29);2*1H/t13-,17-;;/m1../s1. The van der Waals surface area contributed by atoms with Crippen LogP contribution in [0.3, 0.4) is 0 Å². The minimum atomic E-state index is -1.37. The number of carboxylic acid groups (broad SMARTS) is 1. The smallest absolute Gasteiger partial charge is 0.276 e. The number of aliphatic carboxylic acids is 1. The summed E-state index contributed by atoms with van der Waals surface area (Å²) in [6.45, 7) is 2.53. The third-order valence-corrected chi connectivity index (χ3v) is 7.92. The number of quaternary nitrogens is 1. The fourth-order valence-corrected chi connectivity index (χ4v) is 6.30. The van der Waals surface area contributed by atoms with Crippen LogP contribution in [0.2, 0.25) is 0 Å². The molecular weight excluding hydrogens is 527 g/mol. The molecule has 15 heteroatoms. The topological polar surface area (TPSA) is 150 Å². The third kappa shape index (κ3) is 5.28. The summed E-state index contributed by atoms with van der Waals surface area (Å²) in [5.74, 6) is -2.06. The van der Waals surface area contributed by atoms with Crippen molar-refractivity contribution >= 4 is 76.5 Å². The monoisotopic (exact) mass is 552 g/mol. The van der Waals surface area contributed by atoms with Crippen molar-refractivity contribution in [2.24, 2.45) is 5.16 Å². The second-order valence-electron chi connectivity index (χ2n) is 8.23. The van der Waals surface area contributed by atoms with Crippen LogP contribution in [0.1, 0.15) is 18.5 Å². The van der Waals surface area contributed by atoms with E-state index in [0.29, 0.717) is 17.9 Å². The highest BCUT2D eigenvalue weighted by molar-refractivity contribution is 8.00. The van der Waals surface area contributed by atoms with Gasteiger partial charge in [0.25, 0.3) is 11.8 Å². The zero-order chi connectivity index (χ0) is 23.0. The number of nitrogen functional groups attached to an aromatic ring is 1. The van der Waals surface area contributed by atoms with E-state index in [0.717, 1.165) is 41.8 Å². The fraction of sp³-hybridized carbons (Fsp3) is 0.526. The molecule has 0 unspecified atom stereocenters. The zero-order valence-electron chi connectivity index (χ0n) is 18.5. The first kappa shape index (κ1) is 28.2. The van der Waals surface area contributed by atoms with Crippen LogP contribution in [0.5, 0.6) is 0 Å². The molecule has 0 aliphatic carbocycles. The number of aromatic nitrogens is 1. The number of thiazole rings is 1. The van der Waals surface area contributed by atoms with Crippen molar-refractivity contribution < 1.29 is 28.8 Å². The third-order valence-electron chi connectivity index (χ3n) is 5.91. The Balaban J connectivity index is 0.00000204. The molecule has 4 heterocycles. The maximum atomic E-state index is 12.9. The summed E-state index contributed by atoms with van der Waals surface area (Å²) in [5.41, 5.74) is 6.39. The number of carbonyl (C=O) groups is 3. The predicted molar refractivity (Wildman–Crippen MR) is 132 cm³/mol. The summed E-state index contributed by atoms with van der Waals surface area (Å²) < 4.78 is 0.757. The number of oxime groups is 1. The first-order valence-electron chi connectivity index (χ1n) is 10.1. The van der Waals surface area contributed by atoms with Crippen molar-refractivity contribution in [3.63, 3.8) is 0 Å². The highest BCUT2D eigenvalue weighted by Gasteiger charge is 2.53. The van der Waals surface area contributed by atoms with Gasteiger partial charge in [0.1, 0.15) is 30.8 Å². The van der Waals surface area contributed by atoms with E-state index in [1.165, 1.54) is 23.8 Å². The van der Waals surface area contributed by atoms with Gasteiger partial charge in [0.05, 0.1) is 31.8 Å². The molecule has 1 aromatic rings. The summed E-state index contributed by atoms with van der Waals surface area (Å²) in [4.78, 5) is 47.7. The number of rotatable bonds is 7. The molecule has 1 aromatic heterocycles. The lowest BCUT2D eigenvalue weighted by Gasteiger charge is -2.51. The van der Waals surface area contributed by atoms with Crippen LogP contribution in [0.25, 0.3) is 0 Å². The van der Waals surface area contributed by atoms with Gasteiger partial charge in [-0.15, -0.1) is 47.9 Å². The maximum Gasteiger partial charge on any atom is 0.276 e. The van der Waals surface area contributed by atoms with Crippen molar-refractivity contribution in [1.82, 2.24) is 15.2 Å². The van der Waals surface area contributed by atoms with Gasteiger partial charge in [0.2, 0.25) is 0 Å². The lowest BCUT2D eigenvalue weighted by molar-refractivity contribution is -0.893. The van der Waals surface area contributed by atoms with Crippen LogP contribution in [0, 0.1) is 0 Å². The average Bonchev–Trinajstić information content (AvgIpc) is 3.37. The Kier molecular flexibility index (Phi) is 9.22. The Morgan fingerprint density at radius 2 is 2.06 bits per heavy atom. The molecule has 4 rings (SSSR count). The van der Waals surface area contributed by atoms with Crippen molar-refractivity contribution in [2.75, 3.05) is 45.3 Å². The van der Waals surface area contributed by atoms with Crippen LogP contribution in [0.15, 0.2) is 21.8 Å². The van der Waals surface area contributed by atoms with Gasteiger partial charge < -0.3 is 30.3 Å². The minimum absolute atomic E-state index is 0. The van der Waals surface area contributed by atoms with Crippen LogP contribution in [0.4, 0.5) is 5.13 Å². The fourth-order valence-electron chi connectivity index (χ4n) is 4.41. The normalized spacial score (nSPS) is 23.3. The van der Waals surface area contributed by atoms with Gasteiger partial charge in [-0.2, -0.15) is 0 Å². The van der Waals surface area contributed by atoms with E-state index >= 15 is 0 Å². The zero-order valence-corrected chi connectivity index (χ0v) is 21.8. The Bertz CT molecular complexity index is 1030. The molecule has 2 fully saturated rings. The van der Waals surface area contributed by atoms with Crippen molar-refractivity contribution in [1.29, 1.82) is 0 Å². The molecule has 3 aliphatic heterocycles. The number of fused-ring (bicyclic) bond motifs is 1. The highest BCUT2D eigenvalue weighted by atomic mass is 35.5. The van der Waals surface area contributed by atoms with Crippen LogP contribution in [-0.4, -0.2) is 88.8 Å². The van der Waals surface area contributed by atoms with E-state index in [2.05, 4.69) is 22.5 Å². The highest BCUT2D eigenvalue weighted by Crippen LogP contribution is 2.41. The summed E-state index contributed by atoms with van der Waals surface area (Å²) in [5, 5.41) is 19.6. The SMILES string of the molecule is CON=C(C(=O)N[C@@H]1C(=O)N2C(C(=O)[O-])=C(C[N+]3(C)CCCC3)CS[C@H]12)c1csc(N)n1.Cl.Cl. The number of thioether (sulfide) groups is 1. The van der Waals surface area contributed by atoms with E-state index in [1.54, 1.807) is 5.38 Å². The number of nitrogens with two attached hydrogens (primary N) is 1. The second-order valence-corrected chi connectivity index (χ2v) is 10.2. The predicted octanol–water partition coefficient (Wildman–Crippen LogP) is -0.436. The van der Waals surface area contributed by atoms with E-state index in [9.17, 15) is 19.5 Å². The van der Waals surface area contributed by atoms with E-state index in [4.69, 9.17) is 10.6 Å². The molecule has 0 spiro atoms. The Morgan fingerprint density at radius 1 is 1.38 bits per heavy atom. The number of hydrogen-bond acceptors (Lipinski definition) is 10. The molecule has 3 aliphatic rings. The van der Waals surface area contributed by atoms with Crippen molar-refractivity contribution in [3.05, 3.63) is 22.3 Å². The lowest BCUT2D eigenvalue weighted by atomic mass is 10.0. The number of anilines is 1. The number of hydrogen-bond donors (Lipinski definition) is 2. The quantitative estimate of drug-likeness (QED) is 0.200. The van der Waals surface area contributed by atoms with Crippen LogP contribution < -0.4 is 16.2 Å². The molecule has 0 aromatic carbocycles. The number of likely N-dealkylation sites (N-methyl/N-ethyl adjacent to an activating group) is 1. The summed E-state index contributed by atoms with van der Waals surface area (Å²) in [7, 11) is 3.39. The van der Waals surface area contributed by atoms with Crippen molar-refractivity contribution in [3.8, 4) is 0 Å². The van der Waals surface area contributed by atoms with Gasteiger partial charge in [0.15, 0.2) is 10.8 Å². The molecule has 2 saturated heterocycles. The number of halogens is 2. The largest absolute Gasteiger partial charge is 0.543 e. The second kappa shape index (κ2) is 11.1. The van der Waals surface area contributed by atoms with Gasteiger partial charge in [0, 0.05) is 29.5 Å². The summed E-state index contributed by atoms with van der Waals surface area (Å²) in [6.07, 6.45) is 2.21. The van der Waals surface area contributed by atoms with Gasteiger partial charge in [-0.25, -0.2) is 4.98 Å². The van der Waals surface area contributed by atoms with Crippen LogP contribution >= 0.6 is 47.9 Å². The molecule has 188 valence electrons. The minimum Gasteiger partial charge on any atom is -0.543 e. The number of carboxylic acids is 1. The molecule has 34 heavy (non-hydrogen) atoms. The number of nitrogens with zero attached hydrogens (tertiary/aromatic N) is 4. The van der Waals surface area contributed by atoms with E-state index in [-0.39, 0.29) is 47.0 Å². The summed E-state index contributed by atoms with van der Waals surface area (Å²) >= 11 is 2.57. The number of amides is 2. The first-order chi connectivity index (χ1) is 15.2. The molecule has 0 saturated carbocycles. The Hall–Kier alpha value is -2.06. The molecule has 2 amide bonds. The molecule has 0 radical (unpaired) electrons.